The molecule has 2 aromatic carbocycles. The zero-order chi connectivity index (χ0) is 15.2. The Balaban J connectivity index is 2.07. The molecular formula is C15H14O6. The number of fused-ring (bicyclic) bond motifs is 1. The molecule has 2 aromatic rings. The van der Waals surface area contributed by atoms with Gasteiger partial charge in [-0.2, -0.15) is 0 Å². The van der Waals surface area contributed by atoms with Crippen LogP contribution >= 0.6 is 0 Å². The van der Waals surface area contributed by atoms with Gasteiger partial charge in [0.25, 0.3) is 0 Å². The van der Waals surface area contributed by atoms with E-state index in [4.69, 9.17) is 4.74 Å². The molecule has 0 amide bonds. The molecule has 0 spiro atoms. The van der Waals surface area contributed by atoms with Crippen molar-refractivity contribution in [3.8, 4) is 23.0 Å². The van der Waals surface area contributed by atoms with Gasteiger partial charge in [0.05, 0.1) is 0 Å². The molecule has 0 radical (unpaired) electrons. The number of ether oxygens (including phenoxy) is 1. The van der Waals surface area contributed by atoms with Gasteiger partial charge < -0.3 is 30.3 Å². The molecule has 3 rings (SSSR count). The van der Waals surface area contributed by atoms with E-state index in [9.17, 15) is 25.5 Å². The second-order valence-corrected chi connectivity index (χ2v) is 5.06. The maximum Gasteiger partial charge on any atom is 0.231 e. The normalized spacial score (nSPS) is 24.2. The second-order valence-electron chi connectivity index (χ2n) is 5.06. The summed E-state index contributed by atoms with van der Waals surface area (Å²) in [6.45, 7) is 0. The predicted octanol–water partition coefficient (Wildman–Crippen LogP) is 0.944. The Labute approximate surface area is 120 Å². The molecule has 0 aromatic heterocycles. The van der Waals surface area contributed by atoms with Gasteiger partial charge in [-0.05, 0) is 17.7 Å². The van der Waals surface area contributed by atoms with Gasteiger partial charge in [-0.1, -0.05) is 12.1 Å². The van der Waals surface area contributed by atoms with Crippen LogP contribution in [0.25, 0.3) is 0 Å². The van der Waals surface area contributed by atoms with Crippen LogP contribution in [-0.4, -0.2) is 31.8 Å². The molecule has 1 aliphatic heterocycles. The van der Waals surface area contributed by atoms with Crippen molar-refractivity contribution in [2.75, 3.05) is 0 Å². The standard InChI is InChI=1S/C15H14O6/c16-9-3-1-8(2-4-9)15(20)7-11-12(18)5-10(17)6-13(11)21-14(15)19/h1-6,14,16-20H,7H2. The summed E-state index contributed by atoms with van der Waals surface area (Å²) in [4.78, 5) is 0. The molecule has 6 heteroatoms. The van der Waals surface area contributed by atoms with Crippen molar-refractivity contribution in [3.05, 3.63) is 47.5 Å². The van der Waals surface area contributed by atoms with E-state index < -0.39 is 11.9 Å². The largest absolute Gasteiger partial charge is 0.508 e. The molecule has 1 heterocycles. The summed E-state index contributed by atoms with van der Waals surface area (Å²) in [6, 6.07) is 8.08. The van der Waals surface area contributed by atoms with Crippen LogP contribution in [0.5, 0.6) is 23.0 Å². The van der Waals surface area contributed by atoms with E-state index in [2.05, 4.69) is 0 Å². The summed E-state index contributed by atoms with van der Waals surface area (Å²) < 4.78 is 5.22. The average molecular weight is 290 g/mol. The molecule has 110 valence electrons. The van der Waals surface area contributed by atoms with Crippen LogP contribution in [0.1, 0.15) is 11.1 Å². The van der Waals surface area contributed by atoms with E-state index in [1.807, 2.05) is 0 Å². The van der Waals surface area contributed by atoms with Crippen LogP contribution in [0, 0.1) is 0 Å². The van der Waals surface area contributed by atoms with E-state index >= 15 is 0 Å². The molecule has 1 aliphatic rings. The SMILES string of the molecule is Oc1ccc(C2(O)Cc3c(O)cc(O)cc3OC2O)cc1. The second kappa shape index (κ2) is 4.54. The van der Waals surface area contributed by atoms with Crippen molar-refractivity contribution in [3.63, 3.8) is 0 Å². The van der Waals surface area contributed by atoms with Crippen molar-refractivity contribution in [2.45, 2.75) is 18.3 Å². The smallest absolute Gasteiger partial charge is 0.231 e. The van der Waals surface area contributed by atoms with E-state index in [0.29, 0.717) is 5.56 Å². The molecule has 0 bridgehead atoms. The Morgan fingerprint density at radius 3 is 2.33 bits per heavy atom. The van der Waals surface area contributed by atoms with E-state index in [1.165, 1.54) is 30.3 Å². The van der Waals surface area contributed by atoms with Crippen LogP contribution in [0.15, 0.2) is 36.4 Å². The zero-order valence-electron chi connectivity index (χ0n) is 10.9. The molecule has 0 saturated carbocycles. The molecule has 21 heavy (non-hydrogen) atoms. The lowest BCUT2D eigenvalue weighted by Gasteiger charge is -2.38. The number of aliphatic hydroxyl groups is 2. The Morgan fingerprint density at radius 2 is 1.67 bits per heavy atom. The number of benzene rings is 2. The number of aliphatic hydroxyl groups excluding tert-OH is 1. The molecule has 2 unspecified atom stereocenters. The molecule has 0 fully saturated rings. The first kappa shape index (κ1) is 13.5. The topological polar surface area (TPSA) is 110 Å². The third kappa shape index (κ3) is 2.14. The number of aromatic hydroxyl groups is 3. The summed E-state index contributed by atoms with van der Waals surface area (Å²) in [5.41, 5.74) is -1.14. The minimum atomic E-state index is -1.77. The van der Waals surface area contributed by atoms with Crippen molar-refractivity contribution in [2.24, 2.45) is 0 Å². The van der Waals surface area contributed by atoms with Crippen LogP contribution in [0.4, 0.5) is 0 Å². The first-order valence-corrected chi connectivity index (χ1v) is 6.31. The van der Waals surface area contributed by atoms with Gasteiger partial charge in [0.2, 0.25) is 6.29 Å². The van der Waals surface area contributed by atoms with Crippen molar-refractivity contribution < 1.29 is 30.3 Å². The Morgan fingerprint density at radius 1 is 1.00 bits per heavy atom. The highest BCUT2D eigenvalue weighted by atomic mass is 16.6. The monoisotopic (exact) mass is 290 g/mol. The summed E-state index contributed by atoms with van der Waals surface area (Å²) in [7, 11) is 0. The number of hydrogen-bond donors (Lipinski definition) is 5. The third-order valence-electron chi connectivity index (χ3n) is 3.63. The lowest BCUT2D eigenvalue weighted by molar-refractivity contribution is -0.184. The van der Waals surface area contributed by atoms with Crippen LogP contribution in [-0.2, 0) is 12.0 Å². The maximum atomic E-state index is 10.7. The molecule has 0 aliphatic carbocycles. The first-order chi connectivity index (χ1) is 9.90. The highest BCUT2D eigenvalue weighted by Crippen LogP contribution is 2.44. The van der Waals surface area contributed by atoms with Crippen molar-refractivity contribution >= 4 is 0 Å². The molecule has 2 atom stereocenters. The van der Waals surface area contributed by atoms with Crippen LogP contribution < -0.4 is 4.74 Å². The number of phenols is 3. The first-order valence-electron chi connectivity index (χ1n) is 6.31. The maximum absolute atomic E-state index is 10.7. The fraction of sp³-hybridized carbons (Fsp3) is 0.200. The predicted molar refractivity (Wildman–Crippen MR) is 72.1 cm³/mol. The van der Waals surface area contributed by atoms with Crippen molar-refractivity contribution in [1.29, 1.82) is 0 Å². The van der Waals surface area contributed by atoms with Gasteiger partial charge in [-0.3, -0.25) is 0 Å². The molecule has 6 nitrogen and oxygen atoms in total. The lowest BCUT2D eigenvalue weighted by atomic mass is 9.84. The van der Waals surface area contributed by atoms with Gasteiger partial charge in [0.15, 0.2) is 5.60 Å². The van der Waals surface area contributed by atoms with E-state index in [1.54, 1.807) is 0 Å². The van der Waals surface area contributed by atoms with Gasteiger partial charge in [0.1, 0.15) is 23.0 Å². The Hall–Kier alpha value is -2.44. The number of hydrogen-bond acceptors (Lipinski definition) is 6. The van der Waals surface area contributed by atoms with Gasteiger partial charge in [0, 0.05) is 24.1 Å². The third-order valence-corrected chi connectivity index (χ3v) is 3.63. The quantitative estimate of drug-likeness (QED) is 0.535. The van der Waals surface area contributed by atoms with E-state index in [0.717, 1.165) is 6.07 Å². The highest BCUT2D eigenvalue weighted by Gasteiger charge is 2.45. The van der Waals surface area contributed by atoms with Gasteiger partial charge in [-0.15, -0.1) is 0 Å². The number of phenolic OH excluding ortho intramolecular Hbond substituents is 3. The van der Waals surface area contributed by atoms with Crippen LogP contribution in [0.3, 0.4) is 0 Å². The van der Waals surface area contributed by atoms with E-state index in [-0.39, 0.29) is 35.0 Å². The zero-order valence-corrected chi connectivity index (χ0v) is 10.9. The lowest BCUT2D eigenvalue weighted by Crippen LogP contribution is -2.47. The van der Waals surface area contributed by atoms with Crippen molar-refractivity contribution in [1.82, 2.24) is 0 Å². The minimum Gasteiger partial charge on any atom is -0.508 e. The summed E-state index contributed by atoms with van der Waals surface area (Å²) in [5, 5.41) is 49.4. The summed E-state index contributed by atoms with van der Waals surface area (Å²) >= 11 is 0. The average Bonchev–Trinajstić information content (AvgIpc) is 2.42. The fourth-order valence-corrected chi connectivity index (χ4v) is 2.47. The molecular weight excluding hydrogens is 276 g/mol. The summed E-state index contributed by atoms with van der Waals surface area (Å²) in [6.07, 6.45) is -1.67. The Bertz CT molecular complexity index is 681. The van der Waals surface area contributed by atoms with Gasteiger partial charge >= 0.3 is 0 Å². The van der Waals surface area contributed by atoms with Crippen LogP contribution in [0.2, 0.25) is 0 Å². The summed E-state index contributed by atoms with van der Waals surface area (Å²) in [5.74, 6) is -0.284. The molecule has 0 saturated heterocycles. The highest BCUT2D eigenvalue weighted by molar-refractivity contribution is 5.52. The minimum absolute atomic E-state index is 0.0294. The molecule has 5 N–H and O–H groups in total. The fourth-order valence-electron chi connectivity index (χ4n) is 2.47. The number of rotatable bonds is 1. The van der Waals surface area contributed by atoms with Gasteiger partial charge in [-0.25, -0.2) is 0 Å². The Kier molecular flexibility index (Phi) is 2.93.